The summed E-state index contributed by atoms with van der Waals surface area (Å²) in [5.41, 5.74) is 2.87. The van der Waals surface area contributed by atoms with Gasteiger partial charge in [0.25, 0.3) is 0 Å². The summed E-state index contributed by atoms with van der Waals surface area (Å²) in [7, 11) is 0. The Morgan fingerprint density at radius 1 is 1.28 bits per heavy atom. The van der Waals surface area contributed by atoms with Gasteiger partial charge in [-0.05, 0) is 73.6 Å². The molecule has 1 aromatic carbocycles. The van der Waals surface area contributed by atoms with Gasteiger partial charge in [-0.15, -0.1) is 0 Å². The van der Waals surface area contributed by atoms with Gasteiger partial charge in [0.2, 0.25) is 0 Å². The minimum atomic E-state index is -0.195. The maximum atomic E-state index is 10.1. The van der Waals surface area contributed by atoms with Crippen molar-refractivity contribution in [2.45, 2.75) is 51.0 Å². The van der Waals surface area contributed by atoms with Gasteiger partial charge in [0.05, 0.1) is 6.10 Å². The van der Waals surface area contributed by atoms with Gasteiger partial charge in [0, 0.05) is 5.02 Å². The van der Waals surface area contributed by atoms with E-state index in [0.717, 1.165) is 17.4 Å². The molecule has 0 amide bonds. The van der Waals surface area contributed by atoms with Crippen LogP contribution in [0.15, 0.2) is 18.2 Å². The predicted octanol–water partition coefficient (Wildman–Crippen LogP) is 4.17. The molecule has 0 bridgehead atoms. The van der Waals surface area contributed by atoms with E-state index in [-0.39, 0.29) is 6.10 Å². The van der Waals surface area contributed by atoms with Crippen LogP contribution >= 0.6 is 11.6 Å². The van der Waals surface area contributed by atoms with E-state index in [1.165, 1.54) is 36.8 Å². The van der Waals surface area contributed by atoms with Crippen LogP contribution in [-0.2, 0) is 6.42 Å². The van der Waals surface area contributed by atoms with Gasteiger partial charge in [0.1, 0.15) is 0 Å². The number of aliphatic hydroxyl groups is 1. The zero-order chi connectivity index (χ0) is 12.7. The number of aryl methyl sites for hydroxylation is 1. The molecule has 3 rings (SSSR count). The fourth-order valence-corrected chi connectivity index (χ4v) is 4.33. The molecule has 4 atom stereocenters. The van der Waals surface area contributed by atoms with Crippen LogP contribution in [0.5, 0.6) is 0 Å². The molecule has 0 saturated heterocycles. The molecule has 1 aromatic rings. The number of hydrogen-bond donors (Lipinski definition) is 1. The summed E-state index contributed by atoms with van der Waals surface area (Å²) in [6.07, 6.45) is 6.00. The monoisotopic (exact) mass is 264 g/mol. The molecule has 1 nitrogen and oxygen atoms in total. The Morgan fingerprint density at radius 2 is 2.11 bits per heavy atom. The Hall–Kier alpha value is -0.530. The smallest absolute Gasteiger partial charge is 0.0546 e. The number of aliphatic hydroxyl groups excluding tert-OH is 1. The van der Waals surface area contributed by atoms with Crippen molar-refractivity contribution in [2.24, 2.45) is 11.8 Å². The molecule has 0 radical (unpaired) electrons. The van der Waals surface area contributed by atoms with Gasteiger partial charge in [-0.2, -0.15) is 0 Å². The molecule has 2 aliphatic rings. The van der Waals surface area contributed by atoms with E-state index in [2.05, 4.69) is 12.1 Å². The van der Waals surface area contributed by atoms with Crippen LogP contribution in [0.3, 0.4) is 0 Å². The second-order valence-corrected chi connectivity index (χ2v) is 6.44. The highest BCUT2D eigenvalue weighted by molar-refractivity contribution is 6.30. The van der Waals surface area contributed by atoms with Crippen molar-refractivity contribution in [1.29, 1.82) is 0 Å². The summed E-state index contributed by atoms with van der Waals surface area (Å²) < 4.78 is 0. The quantitative estimate of drug-likeness (QED) is 0.807. The van der Waals surface area contributed by atoms with Crippen molar-refractivity contribution in [2.75, 3.05) is 0 Å². The van der Waals surface area contributed by atoms with E-state index >= 15 is 0 Å². The van der Waals surface area contributed by atoms with E-state index in [1.54, 1.807) is 0 Å². The first-order chi connectivity index (χ1) is 8.66. The number of halogens is 1. The molecule has 98 valence electrons. The van der Waals surface area contributed by atoms with Crippen LogP contribution in [0.4, 0.5) is 0 Å². The molecular weight excluding hydrogens is 244 g/mol. The van der Waals surface area contributed by atoms with Crippen LogP contribution in [-0.4, -0.2) is 11.2 Å². The first kappa shape index (κ1) is 12.5. The summed E-state index contributed by atoms with van der Waals surface area (Å²) >= 11 is 6.10. The summed E-state index contributed by atoms with van der Waals surface area (Å²) in [4.78, 5) is 0. The molecule has 4 unspecified atom stereocenters. The van der Waals surface area contributed by atoms with Gasteiger partial charge in [-0.1, -0.05) is 24.1 Å². The first-order valence-corrected chi connectivity index (χ1v) is 7.51. The lowest BCUT2D eigenvalue weighted by Gasteiger charge is -2.43. The van der Waals surface area contributed by atoms with E-state index < -0.39 is 0 Å². The molecule has 0 aliphatic heterocycles. The predicted molar refractivity (Wildman–Crippen MR) is 75.0 cm³/mol. The van der Waals surface area contributed by atoms with Crippen molar-refractivity contribution >= 4 is 11.6 Å². The molecule has 0 spiro atoms. The van der Waals surface area contributed by atoms with Crippen molar-refractivity contribution < 1.29 is 5.11 Å². The summed E-state index contributed by atoms with van der Waals surface area (Å²) in [6.45, 7) is 1.96. The minimum absolute atomic E-state index is 0.195. The molecule has 0 heterocycles. The Labute approximate surface area is 114 Å². The molecule has 1 N–H and O–H groups in total. The maximum absolute atomic E-state index is 10.1. The van der Waals surface area contributed by atoms with Crippen molar-refractivity contribution in [3.8, 4) is 0 Å². The second-order valence-electron chi connectivity index (χ2n) is 6.00. The van der Waals surface area contributed by atoms with E-state index in [1.807, 2.05) is 13.0 Å². The van der Waals surface area contributed by atoms with Gasteiger partial charge >= 0.3 is 0 Å². The standard InChI is InChI=1S/C16H21ClO/c1-10(18)14-4-2-3-11-5-6-12-9-13(17)7-8-15(12)16(11)14/h7-11,14,16,18H,2-6H2,1H3. The van der Waals surface area contributed by atoms with Crippen LogP contribution in [0.2, 0.25) is 5.02 Å². The molecule has 1 fully saturated rings. The van der Waals surface area contributed by atoms with Crippen LogP contribution in [0.1, 0.15) is 49.7 Å². The lowest BCUT2D eigenvalue weighted by Crippen LogP contribution is -2.36. The third-order valence-corrected chi connectivity index (χ3v) is 5.18. The Kier molecular flexibility index (Phi) is 3.38. The van der Waals surface area contributed by atoms with Gasteiger partial charge in [-0.3, -0.25) is 0 Å². The van der Waals surface area contributed by atoms with Crippen LogP contribution in [0.25, 0.3) is 0 Å². The number of fused-ring (bicyclic) bond motifs is 3. The fraction of sp³-hybridized carbons (Fsp3) is 0.625. The van der Waals surface area contributed by atoms with Crippen molar-refractivity contribution in [1.82, 2.24) is 0 Å². The average Bonchev–Trinajstić information content (AvgIpc) is 2.37. The third kappa shape index (κ3) is 2.08. The maximum Gasteiger partial charge on any atom is 0.0546 e. The normalized spacial score (nSPS) is 32.5. The Morgan fingerprint density at radius 3 is 2.89 bits per heavy atom. The molecular formula is C16H21ClO. The molecule has 0 aromatic heterocycles. The minimum Gasteiger partial charge on any atom is -0.393 e. The van der Waals surface area contributed by atoms with Gasteiger partial charge < -0.3 is 5.11 Å². The second kappa shape index (κ2) is 4.86. The zero-order valence-electron chi connectivity index (χ0n) is 10.9. The highest BCUT2D eigenvalue weighted by Crippen LogP contribution is 2.49. The molecule has 1 saturated carbocycles. The zero-order valence-corrected chi connectivity index (χ0v) is 11.7. The van der Waals surface area contributed by atoms with E-state index in [9.17, 15) is 5.11 Å². The summed E-state index contributed by atoms with van der Waals surface area (Å²) in [5.74, 6) is 1.76. The first-order valence-electron chi connectivity index (χ1n) is 7.13. The molecule has 18 heavy (non-hydrogen) atoms. The van der Waals surface area contributed by atoms with Gasteiger partial charge in [0.15, 0.2) is 0 Å². The highest BCUT2D eigenvalue weighted by Gasteiger charge is 2.39. The summed E-state index contributed by atoms with van der Waals surface area (Å²) in [5, 5.41) is 10.9. The van der Waals surface area contributed by atoms with Crippen molar-refractivity contribution in [3.63, 3.8) is 0 Å². The summed E-state index contributed by atoms with van der Waals surface area (Å²) in [6, 6.07) is 6.34. The average molecular weight is 265 g/mol. The van der Waals surface area contributed by atoms with E-state index in [4.69, 9.17) is 11.6 Å². The third-order valence-electron chi connectivity index (χ3n) is 4.95. The highest BCUT2D eigenvalue weighted by atomic mass is 35.5. The fourth-order valence-electron chi connectivity index (χ4n) is 4.13. The molecule has 2 aliphatic carbocycles. The Balaban J connectivity index is 2.01. The SMILES string of the molecule is CC(O)C1CCCC2CCc3cc(Cl)ccc3C21. The van der Waals surface area contributed by atoms with Crippen LogP contribution in [0, 0.1) is 11.8 Å². The molecule has 2 heteroatoms. The largest absolute Gasteiger partial charge is 0.393 e. The Bertz CT molecular complexity index is 441. The lowest BCUT2D eigenvalue weighted by atomic mass is 9.62. The van der Waals surface area contributed by atoms with Gasteiger partial charge in [-0.25, -0.2) is 0 Å². The number of hydrogen-bond acceptors (Lipinski definition) is 1. The van der Waals surface area contributed by atoms with Crippen LogP contribution < -0.4 is 0 Å². The lowest BCUT2D eigenvalue weighted by molar-refractivity contribution is 0.0583. The number of benzene rings is 1. The van der Waals surface area contributed by atoms with E-state index in [0.29, 0.717) is 11.8 Å². The number of rotatable bonds is 1. The topological polar surface area (TPSA) is 20.2 Å². The van der Waals surface area contributed by atoms with Crippen molar-refractivity contribution in [3.05, 3.63) is 34.3 Å².